The average molecular weight is 204 g/mol. The van der Waals surface area contributed by atoms with Gasteiger partial charge in [0.05, 0.1) is 6.42 Å². The number of hydrogen-bond acceptors (Lipinski definition) is 2. The largest absolute Gasteiger partial charge is 0.430 e. The minimum absolute atomic E-state index is 0.0725. The molecule has 1 unspecified atom stereocenters. The van der Waals surface area contributed by atoms with Gasteiger partial charge in [0.2, 0.25) is 0 Å². The van der Waals surface area contributed by atoms with E-state index in [1.807, 2.05) is 0 Å². The second kappa shape index (κ2) is 2.75. The molecule has 0 amide bonds. The van der Waals surface area contributed by atoms with Gasteiger partial charge in [-0.1, -0.05) is 25.5 Å². The van der Waals surface area contributed by atoms with Crippen molar-refractivity contribution in [2.75, 3.05) is 0 Å². The Balaban J connectivity index is 2.02. The first-order chi connectivity index (χ1) is 7.08. The van der Waals surface area contributed by atoms with E-state index in [1.165, 1.54) is 24.8 Å². The summed E-state index contributed by atoms with van der Waals surface area (Å²) in [4.78, 5) is 11.2. The lowest BCUT2D eigenvalue weighted by atomic mass is 9.67. The van der Waals surface area contributed by atoms with Crippen LogP contribution in [-0.2, 0) is 9.53 Å². The third-order valence-electron chi connectivity index (χ3n) is 3.94. The molecule has 0 aromatic rings. The summed E-state index contributed by atoms with van der Waals surface area (Å²) in [5.41, 5.74) is 2.89. The predicted molar refractivity (Wildman–Crippen MR) is 56.9 cm³/mol. The van der Waals surface area contributed by atoms with Crippen LogP contribution in [-0.4, -0.2) is 5.97 Å². The number of rotatable bonds is 0. The second-order valence-electron chi connectivity index (χ2n) is 5.53. The molecular formula is C13H16O2. The molecule has 3 aliphatic rings. The van der Waals surface area contributed by atoms with Gasteiger partial charge < -0.3 is 4.74 Å². The summed E-state index contributed by atoms with van der Waals surface area (Å²) < 4.78 is 5.38. The van der Waals surface area contributed by atoms with Crippen LogP contribution in [0.15, 0.2) is 23.0 Å². The van der Waals surface area contributed by atoms with Gasteiger partial charge in [0.25, 0.3) is 0 Å². The lowest BCUT2D eigenvalue weighted by Crippen LogP contribution is -2.30. The van der Waals surface area contributed by atoms with E-state index in [4.69, 9.17) is 4.74 Å². The molecule has 3 rings (SSSR count). The summed E-state index contributed by atoms with van der Waals surface area (Å²) in [7, 11) is 0. The molecule has 1 atom stereocenters. The van der Waals surface area contributed by atoms with Crippen LogP contribution in [0.1, 0.15) is 39.5 Å². The first-order valence-electron chi connectivity index (χ1n) is 5.72. The Kier molecular flexibility index (Phi) is 1.68. The topological polar surface area (TPSA) is 26.3 Å². The Labute approximate surface area is 90.0 Å². The van der Waals surface area contributed by atoms with Crippen molar-refractivity contribution in [1.82, 2.24) is 0 Å². The summed E-state index contributed by atoms with van der Waals surface area (Å²) in [6.07, 6.45) is 6.38. The van der Waals surface area contributed by atoms with E-state index in [9.17, 15) is 4.79 Å². The maximum atomic E-state index is 11.2. The fraction of sp³-hybridized carbons (Fsp3) is 0.615. The lowest BCUT2D eigenvalue weighted by Gasteiger charge is -2.38. The van der Waals surface area contributed by atoms with Crippen molar-refractivity contribution in [3.63, 3.8) is 0 Å². The van der Waals surface area contributed by atoms with Gasteiger partial charge in [-0.15, -0.1) is 0 Å². The summed E-state index contributed by atoms with van der Waals surface area (Å²) in [6.45, 7) is 4.57. The summed E-state index contributed by atoms with van der Waals surface area (Å²) in [5.74, 6) is 1.28. The minimum atomic E-state index is -0.0725. The van der Waals surface area contributed by atoms with Crippen LogP contribution >= 0.6 is 0 Å². The highest BCUT2D eigenvalue weighted by Gasteiger charge is 2.45. The third-order valence-corrected chi connectivity index (χ3v) is 3.94. The Morgan fingerprint density at radius 3 is 3.07 bits per heavy atom. The molecule has 2 aliphatic carbocycles. The zero-order chi connectivity index (χ0) is 10.6. The number of carbonyl (C=O) groups is 1. The number of carbonyl (C=O) groups excluding carboxylic acids is 1. The van der Waals surface area contributed by atoms with Crippen LogP contribution in [0.5, 0.6) is 0 Å². The van der Waals surface area contributed by atoms with E-state index in [2.05, 4.69) is 19.9 Å². The van der Waals surface area contributed by atoms with E-state index < -0.39 is 0 Å². The zero-order valence-electron chi connectivity index (χ0n) is 9.30. The van der Waals surface area contributed by atoms with E-state index >= 15 is 0 Å². The van der Waals surface area contributed by atoms with E-state index in [0.717, 1.165) is 11.3 Å². The second-order valence-corrected chi connectivity index (χ2v) is 5.53. The molecule has 2 heteroatoms. The van der Waals surface area contributed by atoms with Crippen LogP contribution in [0.25, 0.3) is 0 Å². The molecule has 1 saturated carbocycles. The Morgan fingerprint density at radius 1 is 1.47 bits per heavy atom. The number of esters is 1. The molecule has 0 spiro atoms. The molecule has 2 nitrogen and oxygen atoms in total. The van der Waals surface area contributed by atoms with Gasteiger partial charge in [-0.05, 0) is 24.7 Å². The molecule has 80 valence electrons. The van der Waals surface area contributed by atoms with Crippen molar-refractivity contribution in [2.24, 2.45) is 11.3 Å². The van der Waals surface area contributed by atoms with Crippen molar-refractivity contribution < 1.29 is 9.53 Å². The molecule has 1 fully saturated rings. The van der Waals surface area contributed by atoms with E-state index in [-0.39, 0.29) is 11.4 Å². The zero-order valence-corrected chi connectivity index (χ0v) is 9.30. The Morgan fingerprint density at radius 2 is 2.27 bits per heavy atom. The molecule has 0 aromatic heterocycles. The Hall–Kier alpha value is -1.05. The first-order valence-corrected chi connectivity index (χ1v) is 5.72. The van der Waals surface area contributed by atoms with Crippen LogP contribution in [0.3, 0.4) is 0 Å². The van der Waals surface area contributed by atoms with Crippen LogP contribution in [0.2, 0.25) is 0 Å². The number of allylic oxidation sites excluding steroid dienone is 2. The highest BCUT2D eigenvalue weighted by molar-refractivity contribution is 5.79. The number of hydrogen-bond donors (Lipinski definition) is 0. The molecule has 0 saturated heterocycles. The fourth-order valence-corrected chi connectivity index (χ4v) is 3.27. The molecule has 0 bridgehead atoms. The van der Waals surface area contributed by atoms with Crippen molar-refractivity contribution in [3.8, 4) is 0 Å². The van der Waals surface area contributed by atoms with E-state index in [0.29, 0.717) is 12.3 Å². The van der Waals surface area contributed by atoms with Gasteiger partial charge in [-0.2, -0.15) is 0 Å². The maximum Gasteiger partial charge on any atom is 0.315 e. The molecule has 1 heterocycles. The normalized spacial score (nSPS) is 32.3. The predicted octanol–water partition coefficient (Wildman–Crippen LogP) is 2.95. The fourth-order valence-electron chi connectivity index (χ4n) is 3.27. The summed E-state index contributed by atoms with van der Waals surface area (Å²) in [6, 6.07) is 0. The molecule has 0 N–H and O–H groups in total. The van der Waals surface area contributed by atoms with Crippen molar-refractivity contribution >= 4 is 5.97 Å². The Bertz CT molecular complexity index is 399. The number of ether oxygens (including phenoxy) is 1. The average Bonchev–Trinajstić information content (AvgIpc) is 2.58. The molecule has 15 heavy (non-hydrogen) atoms. The monoisotopic (exact) mass is 204 g/mol. The van der Waals surface area contributed by atoms with Crippen molar-refractivity contribution in [1.29, 1.82) is 0 Å². The summed E-state index contributed by atoms with van der Waals surface area (Å²) >= 11 is 0. The van der Waals surface area contributed by atoms with Crippen LogP contribution in [0.4, 0.5) is 0 Å². The minimum Gasteiger partial charge on any atom is -0.430 e. The SMILES string of the molecule is CC1(C)CCCC2=CC3=C(OC(=O)C3)C21. The molecule has 0 aromatic carbocycles. The van der Waals surface area contributed by atoms with Gasteiger partial charge in [-0.25, -0.2) is 0 Å². The highest BCUT2D eigenvalue weighted by atomic mass is 16.5. The standard InChI is InChI=1S/C13H16O2/c1-13(2)5-3-4-8-6-9-7-10(14)15-12(9)11(8)13/h6,11H,3-5,7H2,1-2H3. The highest BCUT2D eigenvalue weighted by Crippen LogP contribution is 2.53. The number of fused-ring (bicyclic) bond motifs is 2. The van der Waals surface area contributed by atoms with Gasteiger partial charge in [0, 0.05) is 11.5 Å². The summed E-state index contributed by atoms with van der Waals surface area (Å²) in [5, 5.41) is 0. The van der Waals surface area contributed by atoms with E-state index in [1.54, 1.807) is 0 Å². The van der Waals surface area contributed by atoms with Gasteiger partial charge in [0.15, 0.2) is 0 Å². The molecule has 1 aliphatic heterocycles. The molecule has 0 radical (unpaired) electrons. The quantitative estimate of drug-likeness (QED) is 0.567. The third kappa shape index (κ3) is 1.20. The van der Waals surface area contributed by atoms with Gasteiger partial charge in [-0.3, -0.25) is 4.79 Å². The maximum absolute atomic E-state index is 11.2. The van der Waals surface area contributed by atoms with Gasteiger partial charge in [0.1, 0.15) is 5.76 Å². The lowest BCUT2D eigenvalue weighted by molar-refractivity contribution is -0.137. The van der Waals surface area contributed by atoms with Crippen LogP contribution in [0, 0.1) is 11.3 Å². The molecular weight excluding hydrogens is 188 g/mol. The van der Waals surface area contributed by atoms with Crippen molar-refractivity contribution in [3.05, 3.63) is 23.0 Å². The first kappa shape index (κ1) is 9.20. The van der Waals surface area contributed by atoms with Crippen LogP contribution < -0.4 is 0 Å². The van der Waals surface area contributed by atoms with Crippen molar-refractivity contribution in [2.45, 2.75) is 39.5 Å². The smallest absolute Gasteiger partial charge is 0.315 e. The van der Waals surface area contributed by atoms with Gasteiger partial charge >= 0.3 is 5.97 Å².